The second-order valence-corrected chi connectivity index (χ2v) is 6.36. The van der Waals surface area contributed by atoms with E-state index in [2.05, 4.69) is 0 Å². The summed E-state index contributed by atoms with van der Waals surface area (Å²) >= 11 is 5.03. The van der Waals surface area contributed by atoms with Crippen LogP contribution >= 0.6 is 12.2 Å². The Morgan fingerprint density at radius 3 is 2.32 bits per heavy atom. The maximum Gasteiger partial charge on any atom is 0.358 e. The fourth-order valence-electron chi connectivity index (χ4n) is 2.66. The second kappa shape index (κ2) is 9.26. The summed E-state index contributed by atoms with van der Waals surface area (Å²) in [6.07, 6.45) is -6.55. The van der Waals surface area contributed by atoms with Gasteiger partial charge >= 0.3 is 5.24 Å². The zero-order valence-corrected chi connectivity index (χ0v) is 15.4. The Morgan fingerprint density at radius 1 is 1.00 bits per heavy atom. The third-order valence-corrected chi connectivity index (χ3v) is 4.24. The summed E-state index contributed by atoms with van der Waals surface area (Å²) < 4.78 is 34.7. The van der Waals surface area contributed by atoms with Crippen molar-refractivity contribution in [2.75, 3.05) is 6.61 Å². The lowest BCUT2D eigenvalue weighted by atomic mass is 9.99. The van der Waals surface area contributed by atoms with Gasteiger partial charge in [0.25, 0.3) is 0 Å². The molecule has 0 spiro atoms. The molecule has 7 nitrogen and oxygen atoms in total. The fraction of sp³-hybridized carbons (Fsp3) is 0.316. The normalized spacial score (nSPS) is 27.1. The van der Waals surface area contributed by atoms with Gasteiger partial charge in [0, 0.05) is 12.2 Å². The molecule has 0 bridgehead atoms. The molecule has 0 aromatic heterocycles. The molecule has 3 N–H and O–H groups in total. The highest BCUT2D eigenvalue weighted by atomic mass is 32.1. The molecular formula is C19H19FO7S. The van der Waals surface area contributed by atoms with Gasteiger partial charge in [-0.2, -0.15) is 0 Å². The predicted octanol–water partition coefficient (Wildman–Crippen LogP) is 1.39. The Hall–Kier alpha value is -2.30. The van der Waals surface area contributed by atoms with Crippen LogP contribution in [0.2, 0.25) is 0 Å². The van der Waals surface area contributed by atoms with E-state index < -0.39 is 43.1 Å². The molecule has 0 amide bonds. The van der Waals surface area contributed by atoms with Gasteiger partial charge < -0.3 is 34.3 Å². The zero-order chi connectivity index (χ0) is 20.1. The molecule has 2 aromatic carbocycles. The molecule has 5 atom stereocenters. The summed E-state index contributed by atoms with van der Waals surface area (Å²) in [5, 5.41) is 30.0. The quantitative estimate of drug-likeness (QED) is 0.637. The molecule has 0 radical (unpaired) electrons. The van der Waals surface area contributed by atoms with Crippen LogP contribution in [0.1, 0.15) is 0 Å². The molecule has 28 heavy (non-hydrogen) atoms. The third-order valence-electron chi connectivity index (χ3n) is 4.06. The standard InChI is InChI=1S/C19H19FO7S/c20-11-6-8-13(9-7-11)24-18-16(23)17(15(22)14(10-21)26-18)27-19(28)25-12-4-2-1-3-5-12/h1-9,14-18,21-23H,10H2/t14-,15+,16-,17+,18-/m1/s1. The van der Waals surface area contributed by atoms with Crippen molar-refractivity contribution in [1.82, 2.24) is 0 Å². The lowest BCUT2D eigenvalue weighted by Crippen LogP contribution is -2.61. The van der Waals surface area contributed by atoms with Crippen molar-refractivity contribution in [3.63, 3.8) is 0 Å². The van der Waals surface area contributed by atoms with Crippen molar-refractivity contribution in [3.05, 3.63) is 60.4 Å². The average Bonchev–Trinajstić information content (AvgIpc) is 2.69. The zero-order valence-electron chi connectivity index (χ0n) is 14.6. The van der Waals surface area contributed by atoms with E-state index >= 15 is 0 Å². The lowest BCUT2D eigenvalue weighted by Gasteiger charge is -2.41. The molecular weight excluding hydrogens is 391 g/mol. The number of halogens is 1. The van der Waals surface area contributed by atoms with Crippen LogP contribution in [-0.4, -0.2) is 57.9 Å². The highest BCUT2D eigenvalue weighted by molar-refractivity contribution is 7.79. The van der Waals surface area contributed by atoms with Crippen LogP contribution in [0.4, 0.5) is 4.39 Å². The number of aliphatic hydroxyl groups is 3. The predicted molar refractivity (Wildman–Crippen MR) is 99.3 cm³/mol. The van der Waals surface area contributed by atoms with Gasteiger partial charge in [-0.25, -0.2) is 4.39 Å². The van der Waals surface area contributed by atoms with E-state index in [1.54, 1.807) is 30.3 Å². The Bertz CT molecular complexity index is 774. The Labute approximate surface area is 165 Å². The molecule has 150 valence electrons. The van der Waals surface area contributed by atoms with Gasteiger partial charge in [0.05, 0.1) is 6.61 Å². The van der Waals surface area contributed by atoms with Crippen LogP contribution in [0.5, 0.6) is 11.5 Å². The van der Waals surface area contributed by atoms with Gasteiger partial charge in [-0.3, -0.25) is 0 Å². The summed E-state index contributed by atoms with van der Waals surface area (Å²) in [5.74, 6) is 0.187. The van der Waals surface area contributed by atoms with E-state index in [0.717, 1.165) is 0 Å². The maximum absolute atomic E-state index is 13.0. The SMILES string of the molecule is OC[C@H]1O[C@@H](Oc2ccc(F)cc2)[C@H](O)[C@@H](OC(=S)Oc2ccccc2)[C@H]1O. The molecule has 0 aliphatic carbocycles. The van der Waals surface area contributed by atoms with Crippen LogP contribution in [0.3, 0.4) is 0 Å². The minimum atomic E-state index is -1.47. The number of aliphatic hydroxyl groups excluding tert-OH is 3. The summed E-state index contributed by atoms with van der Waals surface area (Å²) in [5.41, 5.74) is 0. The minimum absolute atomic E-state index is 0.223. The highest BCUT2D eigenvalue weighted by Gasteiger charge is 2.47. The first-order chi connectivity index (χ1) is 13.5. The molecule has 0 saturated carbocycles. The maximum atomic E-state index is 13.0. The number of ether oxygens (including phenoxy) is 4. The molecule has 1 heterocycles. The van der Waals surface area contributed by atoms with E-state index in [1.165, 1.54) is 24.3 Å². The fourth-order valence-corrected chi connectivity index (χ4v) is 2.86. The second-order valence-electron chi connectivity index (χ2n) is 6.03. The van der Waals surface area contributed by atoms with E-state index in [9.17, 15) is 19.7 Å². The van der Waals surface area contributed by atoms with Gasteiger partial charge in [0.2, 0.25) is 6.29 Å². The smallest absolute Gasteiger partial charge is 0.358 e. The Morgan fingerprint density at radius 2 is 1.68 bits per heavy atom. The van der Waals surface area contributed by atoms with Gasteiger partial charge in [0.15, 0.2) is 12.2 Å². The number of para-hydroxylation sites is 1. The van der Waals surface area contributed by atoms with Crippen LogP contribution in [-0.2, 0) is 9.47 Å². The first-order valence-corrected chi connectivity index (χ1v) is 8.87. The minimum Gasteiger partial charge on any atom is -0.462 e. The summed E-state index contributed by atoms with van der Waals surface area (Å²) in [6.45, 7) is -0.552. The number of hydrogen-bond donors (Lipinski definition) is 3. The highest BCUT2D eigenvalue weighted by Crippen LogP contribution is 2.27. The summed E-state index contributed by atoms with van der Waals surface area (Å²) in [7, 11) is 0. The molecule has 3 rings (SSSR count). The van der Waals surface area contributed by atoms with Crippen LogP contribution < -0.4 is 9.47 Å². The number of rotatable bonds is 5. The van der Waals surface area contributed by atoms with Crippen molar-refractivity contribution in [3.8, 4) is 11.5 Å². The first kappa shape index (κ1) is 20.4. The van der Waals surface area contributed by atoms with Gasteiger partial charge in [0.1, 0.15) is 29.5 Å². The van der Waals surface area contributed by atoms with Crippen molar-refractivity contribution in [1.29, 1.82) is 0 Å². The summed E-state index contributed by atoms with van der Waals surface area (Å²) in [6, 6.07) is 13.7. The molecule has 1 aliphatic rings. The van der Waals surface area contributed by atoms with Gasteiger partial charge in [-0.1, -0.05) is 18.2 Å². The van der Waals surface area contributed by atoms with Crippen molar-refractivity contribution < 1.29 is 38.7 Å². The van der Waals surface area contributed by atoms with Crippen molar-refractivity contribution >= 4 is 17.5 Å². The number of benzene rings is 2. The van der Waals surface area contributed by atoms with Crippen molar-refractivity contribution in [2.24, 2.45) is 0 Å². The Kier molecular flexibility index (Phi) is 6.76. The van der Waals surface area contributed by atoms with Gasteiger partial charge in [-0.15, -0.1) is 0 Å². The van der Waals surface area contributed by atoms with Crippen LogP contribution in [0, 0.1) is 5.82 Å². The van der Waals surface area contributed by atoms with Crippen molar-refractivity contribution in [2.45, 2.75) is 30.7 Å². The molecule has 1 fully saturated rings. The molecule has 2 aromatic rings. The first-order valence-electron chi connectivity index (χ1n) is 8.46. The van der Waals surface area contributed by atoms with Crippen LogP contribution in [0.15, 0.2) is 54.6 Å². The summed E-state index contributed by atoms with van der Waals surface area (Å²) in [4.78, 5) is 0. The van der Waals surface area contributed by atoms with E-state index in [4.69, 9.17) is 31.2 Å². The molecule has 1 aliphatic heterocycles. The molecule has 9 heteroatoms. The molecule has 1 saturated heterocycles. The van der Waals surface area contributed by atoms with Gasteiger partial charge in [-0.05, 0) is 36.4 Å². The number of thiocarbonyl (C=S) groups is 1. The largest absolute Gasteiger partial charge is 0.462 e. The monoisotopic (exact) mass is 410 g/mol. The Balaban J connectivity index is 1.70. The van der Waals surface area contributed by atoms with E-state index in [0.29, 0.717) is 5.75 Å². The average molecular weight is 410 g/mol. The lowest BCUT2D eigenvalue weighted by molar-refractivity contribution is -0.275. The van der Waals surface area contributed by atoms with E-state index in [1.807, 2.05) is 0 Å². The van der Waals surface area contributed by atoms with Crippen LogP contribution in [0.25, 0.3) is 0 Å². The topological polar surface area (TPSA) is 97.6 Å². The van der Waals surface area contributed by atoms with E-state index in [-0.39, 0.29) is 11.0 Å². The number of hydrogen-bond acceptors (Lipinski definition) is 8. The third kappa shape index (κ3) is 4.94. The molecule has 0 unspecified atom stereocenters.